The molecule has 1 heterocycles. The Morgan fingerprint density at radius 3 is 2.94 bits per heavy atom. The van der Waals surface area contributed by atoms with Gasteiger partial charge in [0.2, 0.25) is 0 Å². The van der Waals surface area contributed by atoms with E-state index >= 15 is 0 Å². The number of carbonyl (C=O) groups is 1. The minimum atomic E-state index is -0.902. The van der Waals surface area contributed by atoms with Crippen LogP contribution in [0.1, 0.15) is 23.7 Å². The second-order valence-corrected chi connectivity index (χ2v) is 5.45. The summed E-state index contributed by atoms with van der Waals surface area (Å²) >= 11 is 1.70. The Labute approximate surface area is 104 Å². The lowest BCUT2D eigenvalue weighted by molar-refractivity contribution is 0.0697. The van der Waals surface area contributed by atoms with Crippen LogP contribution in [-0.4, -0.2) is 29.7 Å². The Bertz CT molecular complexity index is 449. The van der Waals surface area contributed by atoms with Gasteiger partial charge in [0.15, 0.2) is 0 Å². The van der Waals surface area contributed by atoms with Gasteiger partial charge in [0.25, 0.3) is 0 Å². The molecule has 0 fully saturated rings. The summed E-state index contributed by atoms with van der Waals surface area (Å²) in [5.41, 5.74) is 1.19. The fourth-order valence-corrected chi connectivity index (χ4v) is 3.15. The molecular weight excluding hydrogens is 238 g/mol. The van der Waals surface area contributed by atoms with Crippen molar-refractivity contribution < 1.29 is 14.6 Å². The molecule has 1 aromatic rings. The summed E-state index contributed by atoms with van der Waals surface area (Å²) in [4.78, 5) is 11.8. The number of carboxylic acids is 1. The largest absolute Gasteiger partial charge is 0.478 e. The van der Waals surface area contributed by atoms with E-state index in [4.69, 9.17) is 9.84 Å². The lowest BCUT2D eigenvalue weighted by atomic mass is 10.1. The standard InChI is InChI=1S/C12H15NO3S/c1-3-12(7-16-2)13-9-6-8(11(14)15)4-5-10(9)17-12/h4-6,13H,3,7H2,1-2H3,(H,14,15). The molecule has 17 heavy (non-hydrogen) atoms. The predicted molar refractivity (Wildman–Crippen MR) is 67.8 cm³/mol. The molecule has 5 heteroatoms. The molecule has 0 aromatic heterocycles. The molecular formula is C12H15NO3S. The second-order valence-electron chi connectivity index (χ2n) is 4.02. The molecule has 1 atom stereocenters. The van der Waals surface area contributed by atoms with Crippen molar-refractivity contribution in [2.24, 2.45) is 0 Å². The van der Waals surface area contributed by atoms with Crippen molar-refractivity contribution in [2.45, 2.75) is 23.1 Å². The Morgan fingerprint density at radius 2 is 2.35 bits per heavy atom. The van der Waals surface area contributed by atoms with Crippen LogP contribution in [0.2, 0.25) is 0 Å². The van der Waals surface area contributed by atoms with Crippen LogP contribution >= 0.6 is 11.8 Å². The lowest BCUT2D eigenvalue weighted by Crippen LogP contribution is -2.35. The molecule has 1 aliphatic heterocycles. The van der Waals surface area contributed by atoms with Gasteiger partial charge in [-0.2, -0.15) is 0 Å². The van der Waals surface area contributed by atoms with Crippen molar-refractivity contribution in [1.82, 2.24) is 0 Å². The quantitative estimate of drug-likeness (QED) is 0.864. The number of rotatable bonds is 4. The third-order valence-corrected chi connectivity index (χ3v) is 4.32. The van der Waals surface area contributed by atoms with E-state index in [0.29, 0.717) is 12.2 Å². The van der Waals surface area contributed by atoms with Gasteiger partial charge in [-0.1, -0.05) is 18.7 Å². The average Bonchev–Trinajstić information content (AvgIpc) is 2.67. The van der Waals surface area contributed by atoms with Gasteiger partial charge in [-0.05, 0) is 24.6 Å². The first-order valence-corrected chi connectivity index (χ1v) is 6.25. The zero-order chi connectivity index (χ0) is 12.5. The van der Waals surface area contributed by atoms with E-state index < -0.39 is 5.97 Å². The topological polar surface area (TPSA) is 58.6 Å². The lowest BCUT2D eigenvalue weighted by Gasteiger charge is -2.26. The number of hydrogen-bond donors (Lipinski definition) is 2. The normalized spacial score (nSPS) is 22.0. The maximum Gasteiger partial charge on any atom is 0.335 e. The smallest absolute Gasteiger partial charge is 0.335 e. The SMILES string of the molecule is CCC1(COC)Nc2cc(C(=O)O)ccc2S1. The molecule has 0 aliphatic carbocycles. The van der Waals surface area contributed by atoms with Crippen molar-refractivity contribution in [1.29, 1.82) is 0 Å². The van der Waals surface area contributed by atoms with Crippen molar-refractivity contribution in [2.75, 3.05) is 19.0 Å². The van der Waals surface area contributed by atoms with Gasteiger partial charge in [-0.15, -0.1) is 0 Å². The van der Waals surface area contributed by atoms with E-state index in [2.05, 4.69) is 12.2 Å². The number of aromatic carboxylic acids is 1. The molecule has 4 nitrogen and oxygen atoms in total. The molecule has 1 aliphatic rings. The maximum atomic E-state index is 10.9. The summed E-state index contributed by atoms with van der Waals surface area (Å²) in [5.74, 6) is -0.902. The fraction of sp³-hybridized carbons (Fsp3) is 0.417. The van der Waals surface area contributed by atoms with Gasteiger partial charge in [0, 0.05) is 17.7 Å². The van der Waals surface area contributed by atoms with Gasteiger partial charge in [-0.3, -0.25) is 0 Å². The number of methoxy groups -OCH3 is 1. The fourth-order valence-electron chi connectivity index (χ4n) is 1.89. The number of ether oxygens (including phenoxy) is 1. The highest BCUT2D eigenvalue weighted by atomic mass is 32.2. The Balaban J connectivity index is 2.29. The molecule has 0 saturated carbocycles. The highest BCUT2D eigenvalue weighted by Crippen LogP contribution is 2.47. The Hall–Kier alpha value is -1.20. The van der Waals surface area contributed by atoms with Crippen LogP contribution in [0.25, 0.3) is 0 Å². The third-order valence-electron chi connectivity index (χ3n) is 2.84. The molecule has 2 N–H and O–H groups in total. The van der Waals surface area contributed by atoms with Crippen molar-refractivity contribution >= 4 is 23.4 Å². The minimum absolute atomic E-state index is 0.172. The number of anilines is 1. The number of benzene rings is 1. The summed E-state index contributed by atoms with van der Waals surface area (Å²) in [5, 5.41) is 12.3. The van der Waals surface area contributed by atoms with Crippen LogP contribution < -0.4 is 5.32 Å². The summed E-state index contributed by atoms with van der Waals surface area (Å²) in [6.45, 7) is 2.67. The number of thioether (sulfide) groups is 1. The third kappa shape index (κ3) is 2.25. The van der Waals surface area contributed by atoms with Crippen molar-refractivity contribution in [3.8, 4) is 0 Å². The number of carboxylic acid groups (broad SMARTS) is 1. The van der Waals surface area contributed by atoms with Crippen LogP contribution in [-0.2, 0) is 4.74 Å². The van der Waals surface area contributed by atoms with E-state index in [1.54, 1.807) is 31.0 Å². The Morgan fingerprint density at radius 1 is 1.59 bits per heavy atom. The molecule has 2 rings (SSSR count). The van der Waals surface area contributed by atoms with Gasteiger partial charge in [-0.25, -0.2) is 4.79 Å². The average molecular weight is 253 g/mol. The first-order chi connectivity index (χ1) is 8.10. The van der Waals surface area contributed by atoms with E-state index in [-0.39, 0.29) is 4.87 Å². The number of fused-ring (bicyclic) bond motifs is 1. The zero-order valence-electron chi connectivity index (χ0n) is 9.82. The molecule has 1 aromatic carbocycles. The molecule has 0 saturated heterocycles. The molecule has 0 amide bonds. The van der Waals surface area contributed by atoms with Crippen LogP contribution in [0, 0.1) is 0 Å². The van der Waals surface area contributed by atoms with Crippen LogP contribution in [0.3, 0.4) is 0 Å². The first-order valence-electron chi connectivity index (χ1n) is 5.44. The predicted octanol–water partition coefficient (Wildman–Crippen LogP) is 2.66. The summed E-state index contributed by atoms with van der Waals surface area (Å²) in [6.07, 6.45) is 0.905. The molecule has 0 spiro atoms. The summed E-state index contributed by atoms with van der Waals surface area (Å²) < 4.78 is 5.23. The Kier molecular flexibility index (Phi) is 3.31. The molecule has 0 bridgehead atoms. The highest BCUT2D eigenvalue weighted by molar-refractivity contribution is 8.01. The van der Waals surface area contributed by atoms with Gasteiger partial charge in [0.1, 0.15) is 4.87 Å². The van der Waals surface area contributed by atoms with E-state index in [9.17, 15) is 4.79 Å². The van der Waals surface area contributed by atoms with E-state index in [0.717, 1.165) is 17.0 Å². The second kappa shape index (κ2) is 4.58. The first kappa shape index (κ1) is 12.3. The molecule has 0 radical (unpaired) electrons. The summed E-state index contributed by atoms with van der Waals surface area (Å²) in [6, 6.07) is 5.16. The maximum absolute atomic E-state index is 10.9. The van der Waals surface area contributed by atoms with E-state index in [1.165, 1.54) is 0 Å². The van der Waals surface area contributed by atoms with Crippen molar-refractivity contribution in [3.05, 3.63) is 23.8 Å². The monoisotopic (exact) mass is 253 g/mol. The van der Waals surface area contributed by atoms with Crippen LogP contribution in [0.15, 0.2) is 23.1 Å². The van der Waals surface area contributed by atoms with Gasteiger partial charge < -0.3 is 15.2 Å². The van der Waals surface area contributed by atoms with Crippen LogP contribution in [0.5, 0.6) is 0 Å². The number of hydrogen-bond acceptors (Lipinski definition) is 4. The van der Waals surface area contributed by atoms with E-state index in [1.807, 2.05) is 6.07 Å². The highest BCUT2D eigenvalue weighted by Gasteiger charge is 2.36. The van der Waals surface area contributed by atoms with Gasteiger partial charge in [0.05, 0.1) is 12.2 Å². The van der Waals surface area contributed by atoms with Crippen LogP contribution in [0.4, 0.5) is 5.69 Å². The zero-order valence-corrected chi connectivity index (χ0v) is 10.6. The minimum Gasteiger partial charge on any atom is -0.478 e. The molecule has 1 unspecified atom stereocenters. The number of nitrogens with one attached hydrogen (secondary N) is 1. The van der Waals surface area contributed by atoms with Crippen molar-refractivity contribution in [3.63, 3.8) is 0 Å². The van der Waals surface area contributed by atoms with Gasteiger partial charge >= 0.3 is 5.97 Å². The summed E-state index contributed by atoms with van der Waals surface area (Å²) in [7, 11) is 1.67. The molecule has 92 valence electrons.